The highest BCUT2D eigenvalue weighted by atomic mass is 32.2. The summed E-state index contributed by atoms with van der Waals surface area (Å²) in [6.07, 6.45) is 1.61. The molecule has 0 spiro atoms. The second kappa shape index (κ2) is 5.34. The van der Waals surface area contributed by atoms with Gasteiger partial charge in [0, 0.05) is 12.6 Å². The number of hydrogen-bond acceptors (Lipinski definition) is 6. The number of sulfonamides is 1. The molecule has 0 N–H and O–H groups in total. The van der Waals surface area contributed by atoms with E-state index in [1.165, 1.54) is 11.1 Å². The summed E-state index contributed by atoms with van der Waals surface area (Å²) in [6, 6.07) is 12.1. The number of rotatable bonds is 2. The van der Waals surface area contributed by atoms with Crippen molar-refractivity contribution in [3.05, 3.63) is 53.6 Å². The van der Waals surface area contributed by atoms with E-state index in [0.29, 0.717) is 22.9 Å². The number of hydrogen-bond donors (Lipinski definition) is 0. The first-order chi connectivity index (χ1) is 11.5. The molecule has 0 saturated heterocycles. The molecule has 4 rings (SSSR count). The fourth-order valence-corrected chi connectivity index (χ4v) is 3.75. The third kappa shape index (κ3) is 2.41. The molecule has 8 heteroatoms. The Bertz CT molecular complexity index is 983. The van der Waals surface area contributed by atoms with E-state index in [4.69, 9.17) is 9.47 Å². The molecule has 0 saturated carbocycles. The van der Waals surface area contributed by atoms with Gasteiger partial charge in [0.05, 0.1) is 6.21 Å². The van der Waals surface area contributed by atoms with E-state index < -0.39 is 10.0 Å². The van der Waals surface area contributed by atoms with Crippen molar-refractivity contribution in [3.8, 4) is 11.5 Å². The zero-order valence-corrected chi connectivity index (χ0v) is 13.5. The molecule has 0 radical (unpaired) electrons. The molecule has 2 aromatic rings. The van der Waals surface area contributed by atoms with Gasteiger partial charge in [0.1, 0.15) is 4.90 Å². The van der Waals surface area contributed by atoms with Crippen LogP contribution in [0.4, 0.5) is 0 Å². The van der Waals surface area contributed by atoms with Crippen LogP contribution >= 0.6 is 0 Å². The summed E-state index contributed by atoms with van der Waals surface area (Å²) < 4.78 is 38.5. The lowest BCUT2D eigenvalue weighted by Gasteiger charge is -2.12. The maximum Gasteiger partial charge on any atom is 0.285 e. The molecule has 2 aliphatic heterocycles. The van der Waals surface area contributed by atoms with Crippen molar-refractivity contribution in [2.45, 2.75) is 4.90 Å². The normalized spacial score (nSPS) is 17.0. The number of hydrazone groups is 1. The monoisotopic (exact) mass is 343 g/mol. The van der Waals surface area contributed by atoms with Gasteiger partial charge in [0.2, 0.25) is 6.79 Å². The smallest absolute Gasteiger partial charge is 0.285 e. The summed E-state index contributed by atoms with van der Waals surface area (Å²) in [7, 11) is -2.00. The van der Waals surface area contributed by atoms with Crippen LogP contribution in [-0.2, 0) is 10.0 Å². The number of ether oxygens (including phenoxy) is 2. The van der Waals surface area contributed by atoms with E-state index in [2.05, 4.69) is 9.50 Å². The first-order valence-corrected chi connectivity index (χ1v) is 8.60. The molecule has 0 aliphatic carbocycles. The second-order valence-corrected chi connectivity index (χ2v) is 6.84. The molecular weight excluding hydrogens is 330 g/mol. The highest BCUT2D eigenvalue weighted by molar-refractivity contribution is 7.90. The van der Waals surface area contributed by atoms with Crippen LogP contribution in [0.1, 0.15) is 11.1 Å². The first kappa shape index (κ1) is 14.7. The minimum absolute atomic E-state index is 0.199. The average Bonchev–Trinajstić information content (AvgIpc) is 3.15. The molecule has 7 nitrogen and oxygen atoms in total. The maximum absolute atomic E-state index is 12.1. The Kier molecular flexibility index (Phi) is 3.27. The van der Waals surface area contributed by atoms with E-state index >= 15 is 0 Å². The van der Waals surface area contributed by atoms with Crippen LogP contribution in [0.3, 0.4) is 0 Å². The molecule has 0 bridgehead atoms. The lowest BCUT2D eigenvalue weighted by atomic mass is 10.2. The Morgan fingerprint density at radius 2 is 1.96 bits per heavy atom. The predicted molar refractivity (Wildman–Crippen MR) is 88.1 cm³/mol. The largest absolute Gasteiger partial charge is 0.454 e. The molecule has 24 heavy (non-hydrogen) atoms. The second-order valence-electron chi connectivity index (χ2n) is 5.27. The Morgan fingerprint density at radius 3 is 2.83 bits per heavy atom. The van der Waals surface area contributed by atoms with Crippen molar-refractivity contribution < 1.29 is 17.9 Å². The van der Waals surface area contributed by atoms with Crippen LogP contribution in [-0.4, -0.2) is 39.3 Å². The van der Waals surface area contributed by atoms with Crippen LogP contribution in [0.25, 0.3) is 0 Å². The van der Waals surface area contributed by atoms with Gasteiger partial charge in [-0.25, -0.2) is 5.01 Å². The summed E-state index contributed by atoms with van der Waals surface area (Å²) in [4.78, 5) is 0.199. The van der Waals surface area contributed by atoms with Crippen LogP contribution in [0.2, 0.25) is 0 Å². The van der Waals surface area contributed by atoms with E-state index in [1.54, 1.807) is 43.6 Å². The number of benzene rings is 2. The Balaban J connectivity index is 1.62. The Labute approximate surface area is 138 Å². The molecule has 2 aliphatic rings. The van der Waals surface area contributed by atoms with Gasteiger partial charge in [-0.3, -0.25) is 0 Å². The van der Waals surface area contributed by atoms with Gasteiger partial charge in [-0.1, -0.05) is 12.1 Å². The Morgan fingerprint density at radius 1 is 1.17 bits per heavy atom. The average molecular weight is 343 g/mol. The fraction of sp³-hybridized carbons (Fsp3) is 0.125. The van der Waals surface area contributed by atoms with Crippen molar-refractivity contribution in [2.75, 3.05) is 13.8 Å². The van der Waals surface area contributed by atoms with Gasteiger partial charge in [-0.05, 0) is 35.9 Å². The van der Waals surface area contributed by atoms with E-state index in [0.717, 1.165) is 5.56 Å². The number of amidine groups is 1. The lowest BCUT2D eigenvalue weighted by Crippen LogP contribution is -2.21. The molecule has 0 fully saturated rings. The minimum Gasteiger partial charge on any atom is -0.454 e. The lowest BCUT2D eigenvalue weighted by molar-refractivity contribution is 0.174. The highest BCUT2D eigenvalue weighted by Crippen LogP contribution is 2.32. The molecule has 0 amide bonds. The molecule has 2 aromatic carbocycles. The molecule has 0 atom stereocenters. The summed E-state index contributed by atoms with van der Waals surface area (Å²) in [5.74, 6) is 1.65. The van der Waals surface area contributed by atoms with E-state index in [-0.39, 0.29) is 11.7 Å². The maximum atomic E-state index is 12.1. The summed E-state index contributed by atoms with van der Waals surface area (Å²) in [6.45, 7) is 0.210. The van der Waals surface area contributed by atoms with Crippen LogP contribution in [0.15, 0.2) is 56.9 Å². The van der Waals surface area contributed by atoms with Crippen LogP contribution in [0, 0.1) is 0 Å². The molecule has 0 aromatic heterocycles. The van der Waals surface area contributed by atoms with Crippen molar-refractivity contribution >= 4 is 22.1 Å². The van der Waals surface area contributed by atoms with E-state index in [9.17, 15) is 8.42 Å². The molecule has 2 heterocycles. The quantitative estimate of drug-likeness (QED) is 0.614. The zero-order valence-electron chi connectivity index (χ0n) is 12.7. The zero-order chi connectivity index (χ0) is 16.7. The predicted octanol–water partition coefficient (Wildman–Crippen LogP) is 1.83. The Hall–Kier alpha value is -2.87. The van der Waals surface area contributed by atoms with Gasteiger partial charge in [0.25, 0.3) is 10.0 Å². The van der Waals surface area contributed by atoms with Crippen molar-refractivity contribution in [1.82, 2.24) is 5.01 Å². The van der Waals surface area contributed by atoms with Crippen molar-refractivity contribution in [2.24, 2.45) is 9.50 Å². The van der Waals surface area contributed by atoms with Crippen LogP contribution in [0.5, 0.6) is 11.5 Å². The van der Waals surface area contributed by atoms with Gasteiger partial charge < -0.3 is 9.47 Å². The summed E-state index contributed by atoms with van der Waals surface area (Å²) in [5.41, 5.74) is 1.35. The minimum atomic E-state index is -3.65. The van der Waals surface area contributed by atoms with Crippen molar-refractivity contribution in [1.29, 1.82) is 0 Å². The highest BCUT2D eigenvalue weighted by Gasteiger charge is 2.30. The van der Waals surface area contributed by atoms with Gasteiger partial charge >= 0.3 is 0 Å². The topological polar surface area (TPSA) is 80.6 Å². The summed E-state index contributed by atoms with van der Waals surface area (Å²) >= 11 is 0. The molecule has 0 unspecified atom stereocenters. The first-order valence-electron chi connectivity index (χ1n) is 7.16. The van der Waals surface area contributed by atoms with Crippen molar-refractivity contribution in [3.63, 3.8) is 0 Å². The molecular formula is C16H13N3O4S. The third-order valence-corrected chi connectivity index (χ3v) is 5.02. The van der Waals surface area contributed by atoms with Gasteiger partial charge in [-0.15, -0.1) is 4.40 Å². The molecule has 122 valence electrons. The summed E-state index contributed by atoms with van der Waals surface area (Å²) in [5, 5.41) is 5.72. The standard InChI is InChI=1S/C16H13N3O4S/c1-19(16-12-4-2-3-5-15(12)24(20,21)18-16)17-9-11-6-7-13-14(8-11)23-10-22-13/h2-9H,10H2,1H3. The van der Waals surface area contributed by atoms with E-state index in [1.807, 2.05) is 6.07 Å². The van der Waals surface area contributed by atoms with Crippen LogP contribution < -0.4 is 9.47 Å². The SMILES string of the molecule is CN(N=Cc1ccc2c(c1)OCO2)C1=NS(=O)(=O)c2ccccc21. The number of nitrogens with zero attached hydrogens (tertiary/aromatic N) is 3. The fourth-order valence-electron chi connectivity index (χ4n) is 2.52. The third-order valence-electron chi connectivity index (χ3n) is 3.70. The van der Waals surface area contributed by atoms with Gasteiger partial charge in [0.15, 0.2) is 17.3 Å². The number of fused-ring (bicyclic) bond motifs is 2. The van der Waals surface area contributed by atoms with Gasteiger partial charge in [-0.2, -0.15) is 13.5 Å².